The number of nitro groups is 1. The van der Waals surface area contributed by atoms with Crippen molar-refractivity contribution in [2.45, 2.75) is 39.0 Å². The molecular weight excluding hydrogens is 398 g/mol. The Morgan fingerprint density at radius 3 is 2.61 bits per heavy atom. The summed E-state index contributed by atoms with van der Waals surface area (Å²) < 4.78 is 11.1. The predicted molar refractivity (Wildman–Crippen MR) is 121 cm³/mol. The zero-order chi connectivity index (χ0) is 22.2. The predicted octanol–water partition coefficient (Wildman–Crippen LogP) is 5.02. The van der Waals surface area contributed by atoms with Crippen LogP contribution >= 0.6 is 0 Å². The first-order valence-electron chi connectivity index (χ1n) is 10.7. The van der Waals surface area contributed by atoms with Crippen LogP contribution in [0.15, 0.2) is 36.4 Å². The van der Waals surface area contributed by atoms with E-state index in [9.17, 15) is 14.9 Å². The quantitative estimate of drug-likeness (QED) is 0.343. The Bertz CT molecular complexity index is 925. The Morgan fingerprint density at radius 1 is 1.16 bits per heavy atom. The van der Waals surface area contributed by atoms with Crippen molar-refractivity contribution in [3.05, 3.63) is 52.1 Å². The van der Waals surface area contributed by atoms with Crippen molar-refractivity contribution in [2.75, 3.05) is 37.0 Å². The molecule has 2 aromatic rings. The number of benzene rings is 2. The number of hydrogen-bond acceptors (Lipinski definition) is 6. The number of anilines is 2. The Kier molecular flexibility index (Phi) is 7.70. The van der Waals surface area contributed by atoms with Crippen LogP contribution in [0.4, 0.5) is 17.1 Å². The maximum Gasteiger partial charge on any atom is 0.270 e. The molecule has 0 saturated carbocycles. The Hall–Kier alpha value is -3.29. The number of nitrogens with zero attached hydrogens (tertiary/aromatic N) is 2. The van der Waals surface area contributed by atoms with Gasteiger partial charge in [-0.05, 0) is 43.9 Å². The summed E-state index contributed by atoms with van der Waals surface area (Å²) in [5.41, 5.74) is 1.34. The van der Waals surface area contributed by atoms with E-state index in [0.717, 1.165) is 45.2 Å². The highest BCUT2D eigenvalue weighted by Gasteiger charge is 2.23. The topological polar surface area (TPSA) is 93.9 Å². The van der Waals surface area contributed by atoms with Crippen molar-refractivity contribution in [3.8, 4) is 11.5 Å². The fourth-order valence-corrected chi connectivity index (χ4v) is 3.61. The molecule has 0 radical (unpaired) electrons. The molecule has 1 amide bonds. The molecule has 1 fully saturated rings. The number of ether oxygens (including phenoxy) is 2. The van der Waals surface area contributed by atoms with Crippen LogP contribution in [0.2, 0.25) is 0 Å². The lowest BCUT2D eigenvalue weighted by Crippen LogP contribution is -2.31. The second-order valence-electron chi connectivity index (χ2n) is 7.52. The number of rotatable bonds is 9. The smallest absolute Gasteiger partial charge is 0.270 e. The van der Waals surface area contributed by atoms with E-state index >= 15 is 0 Å². The number of unbranched alkanes of at least 4 members (excludes halogenated alkanes) is 1. The van der Waals surface area contributed by atoms with Gasteiger partial charge in [-0.2, -0.15) is 0 Å². The maximum absolute atomic E-state index is 13.3. The van der Waals surface area contributed by atoms with Crippen molar-refractivity contribution in [1.29, 1.82) is 0 Å². The van der Waals surface area contributed by atoms with Crippen LogP contribution in [0, 0.1) is 10.1 Å². The van der Waals surface area contributed by atoms with Gasteiger partial charge in [0.2, 0.25) is 0 Å². The van der Waals surface area contributed by atoms with Gasteiger partial charge in [0.25, 0.3) is 11.6 Å². The van der Waals surface area contributed by atoms with Gasteiger partial charge in [-0.25, -0.2) is 0 Å². The Balaban J connectivity index is 1.93. The fraction of sp³-hybridized carbons (Fsp3) is 0.435. The number of hydrogen-bond donors (Lipinski definition) is 1. The number of non-ortho nitro benzene ring substituents is 1. The average Bonchev–Trinajstić information content (AvgIpc) is 2.80. The molecule has 1 aliphatic heterocycles. The minimum absolute atomic E-state index is 0.115. The molecule has 166 valence electrons. The molecule has 3 rings (SSSR count). The molecule has 1 aliphatic rings. The lowest BCUT2D eigenvalue weighted by molar-refractivity contribution is -0.384. The SMILES string of the molecule is CCCCOc1ccc(OC)cc1NC(=O)c1cc([N+](=O)[O-])ccc1N1CCCCC1. The zero-order valence-corrected chi connectivity index (χ0v) is 18.1. The lowest BCUT2D eigenvalue weighted by Gasteiger charge is -2.30. The van der Waals surface area contributed by atoms with E-state index in [2.05, 4.69) is 17.1 Å². The van der Waals surface area contributed by atoms with Crippen molar-refractivity contribution in [3.63, 3.8) is 0 Å². The lowest BCUT2D eigenvalue weighted by atomic mass is 10.1. The van der Waals surface area contributed by atoms with Crippen LogP contribution in [0.1, 0.15) is 49.4 Å². The molecule has 0 atom stereocenters. The summed E-state index contributed by atoms with van der Waals surface area (Å²) in [5.74, 6) is 0.693. The third kappa shape index (κ3) is 5.65. The number of carbonyl (C=O) groups excluding carboxylic acids is 1. The number of methoxy groups -OCH3 is 1. The molecule has 1 heterocycles. The van der Waals surface area contributed by atoms with Crippen LogP contribution in [0.3, 0.4) is 0 Å². The molecular formula is C23H29N3O5. The molecule has 31 heavy (non-hydrogen) atoms. The van der Waals surface area contributed by atoms with Gasteiger partial charge in [-0.3, -0.25) is 14.9 Å². The van der Waals surface area contributed by atoms with Crippen LogP contribution < -0.4 is 19.7 Å². The largest absolute Gasteiger partial charge is 0.497 e. The summed E-state index contributed by atoms with van der Waals surface area (Å²) in [5, 5.41) is 14.2. The molecule has 1 saturated heterocycles. The van der Waals surface area contributed by atoms with Crippen LogP contribution in [0.5, 0.6) is 11.5 Å². The summed E-state index contributed by atoms with van der Waals surface area (Å²) in [6, 6.07) is 9.68. The van der Waals surface area contributed by atoms with Gasteiger partial charge in [-0.15, -0.1) is 0 Å². The first-order valence-corrected chi connectivity index (χ1v) is 10.7. The van der Waals surface area contributed by atoms with E-state index in [4.69, 9.17) is 9.47 Å². The van der Waals surface area contributed by atoms with E-state index in [0.29, 0.717) is 29.5 Å². The van der Waals surface area contributed by atoms with Gasteiger partial charge in [0.15, 0.2) is 0 Å². The number of amides is 1. The van der Waals surface area contributed by atoms with Crippen molar-refractivity contribution >= 4 is 23.0 Å². The van der Waals surface area contributed by atoms with Gasteiger partial charge in [-0.1, -0.05) is 13.3 Å². The molecule has 0 unspecified atom stereocenters. The highest BCUT2D eigenvalue weighted by atomic mass is 16.6. The highest BCUT2D eigenvalue weighted by Crippen LogP contribution is 2.32. The van der Waals surface area contributed by atoms with Gasteiger partial charge >= 0.3 is 0 Å². The standard InChI is InChI=1S/C23H29N3O5/c1-3-4-14-31-22-11-9-18(30-2)16-20(22)24-23(27)19-15-17(26(28)29)8-10-21(19)25-12-6-5-7-13-25/h8-11,15-16H,3-7,12-14H2,1-2H3,(H,24,27). The van der Waals surface area contributed by atoms with Crippen LogP contribution in [0.25, 0.3) is 0 Å². The van der Waals surface area contributed by atoms with Crippen molar-refractivity contribution < 1.29 is 19.2 Å². The first-order chi connectivity index (χ1) is 15.0. The Labute approximate surface area is 182 Å². The minimum Gasteiger partial charge on any atom is -0.497 e. The van der Waals surface area contributed by atoms with E-state index in [-0.39, 0.29) is 11.3 Å². The van der Waals surface area contributed by atoms with E-state index in [1.807, 2.05) is 0 Å². The number of piperidine rings is 1. The summed E-state index contributed by atoms with van der Waals surface area (Å²) >= 11 is 0. The fourth-order valence-electron chi connectivity index (χ4n) is 3.61. The molecule has 0 bridgehead atoms. The average molecular weight is 428 g/mol. The Morgan fingerprint density at radius 2 is 1.94 bits per heavy atom. The first kappa shape index (κ1) is 22.4. The van der Waals surface area contributed by atoms with Crippen LogP contribution in [-0.4, -0.2) is 37.6 Å². The van der Waals surface area contributed by atoms with Gasteiger partial charge in [0, 0.05) is 31.3 Å². The highest BCUT2D eigenvalue weighted by molar-refractivity contribution is 6.09. The third-order valence-electron chi connectivity index (χ3n) is 5.32. The number of nitro benzene ring substituents is 1. The minimum atomic E-state index is -0.485. The molecule has 8 heteroatoms. The van der Waals surface area contributed by atoms with Gasteiger partial charge in [0.05, 0.1) is 35.6 Å². The molecule has 2 aromatic carbocycles. The third-order valence-corrected chi connectivity index (χ3v) is 5.32. The molecule has 1 N–H and O–H groups in total. The van der Waals surface area contributed by atoms with Gasteiger partial charge < -0.3 is 19.7 Å². The van der Waals surface area contributed by atoms with Gasteiger partial charge in [0.1, 0.15) is 11.5 Å². The molecule has 0 aliphatic carbocycles. The molecule has 0 spiro atoms. The summed E-state index contributed by atoms with van der Waals surface area (Å²) in [4.78, 5) is 26.2. The summed E-state index contributed by atoms with van der Waals surface area (Å²) in [6.45, 7) is 4.25. The van der Waals surface area contributed by atoms with Crippen LogP contribution in [-0.2, 0) is 0 Å². The zero-order valence-electron chi connectivity index (χ0n) is 18.1. The number of nitrogens with one attached hydrogen (secondary N) is 1. The second kappa shape index (κ2) is 10.7. The normalized spacial score (nSPS) is 13.5. The van der Waals surface area contributed by atoms with E-state index < -0.39 is 10.8 Å². The van der Waals surface area contributed by atoms with Crippen molar-refractivity contribution in [1.82, 2.24) is 0 Å². The maximum atomic E-state index is 13.3. The van der Waals surface area contributed by atoms with E-state index in [1.54, 1.807) is 31.4 Å². The summed E-state index contributed by atoms with van der Waals surface area (Å²) in [6.07, 6.45) is 5.09. The van der Waals surface area contributed by atoms with Crippen molar-refractivity contribution in [2.24, 2.45) is 0 Å². The monoisotopic (exact) mass is 427 g/mol. The molecule has 0 aromatic heterocycles. The number of carbonyl (C=O) groups is 1. The van der Waals surface area contributed by atoms with E-state index in [1.165, 1.54) is 12.1 Å². The second-order valence-corrected chi connectivity index (χ2v) is 7.52. The molecule has 8 nitrogen and oxygen atoms in total. The summed E-state index contributed by atoms with van der Waals surface area (Å²) in [7, 11) is 1.55.